The molecule has 0 aromatic heterocycles. The van der Waals surface area contributed by atoms with E-state index >= 15 is 0 Å². The molecule has 0 saturated carbocycles. The number of aliphatic hydroxyl groups is 2. The van der Waals surface area contributed by atoms with Crippen LogP contribution < -0.4 is 5.32 Å². The summed E-state index contributed by atoms with van der Waals surface area (Å²) in [5.74, 6) is -13.1. The number of ether oxygens (including phenoxy) is 2. The molecule has 13 heteroatoms. The minimum atomic E-state index is -2.38. The zero-order valence-electron chi connectivity index (χ0n) is 25.8. The number of phenols is 1. The number of carbonyl (C=O) groups excluding carboxylic acids is 1. The number of amides is 1. The van der Waals surface area contributed by atoms with Gasteiger partial charge in [-0.05, 0) is 48.0 Å². The Hall–Kier alpha value is -4.40. The second-order valence-electron chi connectivity index (χ2n) is 11.7. The second kappa shape index (κ2) is 14.8. The largest absolute Gasteiger partial charge is 0.508 e. The lowest BCUT2D eigenvalue weighted by Gasteiger charge is -2.42. The molecule has 48 heavy (non-hydrogen) atoms. The fourth-order valence-corrected chi connectivity index (χ4v) is 5.60. The molecule has 254 valence electrons. The summed E-state index contributed by atoms with van der Waals surface area (Å²) in [7, 11) is 1.80. The fraction of sp³-hybridized carbons (Fsp3) is 0.286. The number of likely N-dealkylation sites (N-methyl/N-ethyl adjacent to an activating group) is 1. The molecule has 1 heterocycles. The number of aromatic hydroxyl groups is 1. The molecule has 1 aliphatic heterocycles. The van der Waals surface area contributed by atoms with E-state index in [2.05, 4.69) is 5.32 Å². The van der Waals surface area contributed by atoms with Crippen LogP contribution in [0.5, 0.6) is 5.75 Å². The second-order valence-corrected chi connectivity index (χ2v) is 11.7. The van der Waals surface area contributed by atoms with Gasteiger partial charge in [0.2, 0.25) is 5.82 Å². The summed E-state index contributed by atoms with van der Waals surface area (Å²) in [6, 6.07) is 19.3. The Kier molecular flexibility index (Phi) is 10.8. The third kappa shape index (κ3) is 7.50. The number of hydrogen-bond donors (Lipinski definition) is 4. The number of phenolic OH excluding ortho intramolecular Hbond substituents is 1. The van der Waals surface area contributed by atoms with Crippen molar-refractivity contribution in [3.63, 3.8) is 0 Å². The Morgan fingerprint density at radius 1 is 0.875 bits per heavy atom. The molecule has 4 aromatic rings. The van der Waals surface area contributed by atoms with Crippen molar-refractivity contribution in [2.75, 3.05) is 25.5 Å². The van der Waals surface area contributed by atoms with Crippen LogP contribution in [0.15, 0.2) is 72.8 Å². The average molecular weight is 673 g/mol. The Morgan fingerprint density at radius 3 is 2.17 bits per heavy atom. The Morgan fingerprint density at radius 2 is 1.52 bits per heavy atom. The Balaban J connectivity index is 1.39. The Labute approximate surface area is 273 Å². The van der Waals surface area contributed by atoms with Gasteiger partial charge in [-0.1, -0.05) is 55.5 Å². The number of hydrogen-bond acceptors (Lipinski definition) is 7. The number of halogens is 5. The zero-order chi connectivity index (χ0) is 34.7. The number of carbonyl (C=O) groups is 1. The SMILES string of the molecule is CC1C(CN(C)CC(O)c2cccc(O)c2)OC(c2cccc(NC(=O)c3c(F)c(F)c(F)c(F)c3F)c2)OC1c1ccc(CO)cc1. The molecule has 4 aromatic carbocycles. The first-order chi connectivity index (χ1) is 22.9. The van der Waals surface area contributed by atoms with Crippen molar-refractivity contribution in [1.29, 1.82) is 0 Å². The van der Waals surface area contributed by atoms with E-state index in [1.165, 1.54) is 30.3 Å². The normalized spacial score (nSPS) is 20.1. The highest BCUT2D eigenvalue weighted by molar-refractivity contribution is 6.04. The van der Waals surface area contributed by atoms with Crippen molar-refractivity contribution < 1.29 is 51.5 Å². The molecule has 0 spiro atoms. The number of nitrogens with one attached hydrogen (secondary N) is 1. The first-order valence-corrected chi connectivity index (χ1v) is 15.0. The van der Waals surface area contributed by atoms with Crippen molar-refractivity contribution in [3.05, 3.63) is 130 Å². The molecule has 8 nitrogen and oxygen atoms in total. The van der Waals surface area contributed by atoms with E-state index in [4.69, 9.17) is 9.47 Å². The van der Waals surface area contributed by atoms with Crippen molar-refractivity contribution in [2.24, 2.45) is 5.92 Å². The molecule has 5 unspecified atom stereocenters. The van der Waals surface area contributed by atoms with Crippen LogP contribution in [-0.4, -0.2) is 52.4 Å². The maximum Gasteiger partial charge on any atom is 0.261 e. The van der Waals surface area contributed by atoms with E-state index in [-0.39, 0.29) is 30.5 Å². The minimum absolute atomic E-state index is 0.0270. The van der Waals surface area contributed by atoms with Crippen molar-refractivity contribution in [3.8, 4) is 5.75 Å². The van der Waals surface area contributed by atoms with Crippen LogP contribution in [0.25, 0.3) is 0 Å². The summed E-state index contributed by atoms with van der Waals surface area (Å²) in [5, 5.41) is 32.3. The van der Waals surface area contributed by atoms with Gasteiger partial charge in [-0.3, -0.25) is 4.79 Å². The molecule has 5 rings (SSSR count). The summed E-state index contributed by atoms with van der Waals surface area (Å²) >= 11 is 0. The van der Waals surface area contributed by atoms with Gasteiger partial charge < -0.3 is 35.0 Å². The number of rotatable bonds is 10. The third-order valence-corrected chi connectivity index (χ3v) is 8.21. The van der Waals surface area contributed by atoms with Gasteiger partial charge in [-0.2, -0.15) is 0 Å². The molecule has 0 aliphatic carbocycles. The number of benzene rings is 4. The molecule has 1 aliphatic rings. The molecule has 5 atom stereocenters. The van der Waals surface area contributed by atoms with Crippen molar-refractivity contribution in [1.82, 2.24) is 4.90 Å². The van der Waals surface area contributed by atoms with E-state index in [9.17, 15) is 42.1 Å². The highest BCUT2D eigenvalue weighted by atomic mass is 19.2. The monoisotopic (exact) mass is 672 g/mol. The van der Waals surface area contributed by atoms with E-state index in [1.54, 1.807) is 37.4 Å². The topological polar surface area (TPSA) is 111 Å². The number of anilines is 1. The zero-order valence-corrected chi connectivity index (χ0v) is 25.8. The van der Waals surface area contributed by atoms with Crippen LogP contribution in [0.3, 0.4) is 0 Å². The molecule has 0 bridgehead atoms. The van der Waals surface area contributed by atoms with Crippen LogP contribution >= 0.6 is 0 Å². The van der Waals surface area contributed by atoms with Gasteiger partial charge in [0, 0.05) is 30.3 Å². The predicted molar refractivity (Wildman–Crippen MR) is 164 cm³/mol. The molecule has 1 amide bonds. The van der Waals surface area contributed by atoms with Crippen molar-refractivity contribution in [2.45, 2.75) is 38.1 Å². The lowest BCUT2D eigenvalue weighted by Crippen LogP contribution is -2.44. The maximum atomic E-state index is 14.3. The standard InChI is InChI=1S/C35H33F5N2O6/c1-18-26(16-42(2)15-25(45)21-5-4-8-24(44)14-21)47-35(48-33(18)20-11-9-19(17-43)10-12-20)22-6-3-7-23(13-22)41-34(46)27-28(36)30(38)32(40)31(39)29(27)37/h3-14,18,25-26,33,35,43-45H,15-17H2,1-2H3,(H,41,46). The summed E-state index contributed by atoms with van der Waals surface area (Å²) < 4.78 is 82.4. The van der Waals surface area contributed by atoms with Gasteiger partial charge >= 0.3 is 0 Å². The summed E-state index contributed by atoms with van der Waals surface area (Å²) in [6.45, 7) is 2.33. The summed E-state index contributed by atoms with van der Waals surface area (Å²) in [5.41, 5.74) is 0.742. The first kappa shape index (κ1) is 34.9. The fourth-order valence-electron chi connectivity index (χ4n) is 5.60. The van der Waals surface area contributed by atoms with Gasteiger partial charge in [-0.15, -0.1) is 0 Å². The van der Waals surface area contributed by atoms with E-state index in [1.807, 2.05) is 24.0 Å². The smallest absolute Gasteiger partial charge is 0.261 e. The van der Waals surface area contributed by atoms with Crippen LogP contribution in [0.1, 0.15) is 58.0 Å². The van der Waals surface area contributed by atoms with E-state index in [0.29, 0.717) is 23.2 Å². The molecule has 1 fully saturated rings. The molecule has 1 saturated heterocycles. The molecular formula is C35H33F5N2O6. The molecule has 4 N–H and O–H groups in total. The maximum absolute atomic E-state index is 14.3. The van der Waals surface area contributed by atoms with Gasteiger partial charge in [0.05, 0.1) is 24.9 Å². The van der Waals surface area contributed by atoms with Crippen LogP contribution in [0.4, 0.5) is 27.6 Å². The predicted octanol–water partition coefficient (Wildman–Crippen LogP) is 6.29. The average Bonchev–Trinajstić information content (AvgIpc) is 3.07. The highest BCUT2D eigenvalue weighted by Gasteiger charge is 2.39. The number of aliphatic hydroxyl groups excluding tert-OH is 2. The van der Waals surface area contributed by atoms with Crippen molar-refractivity contribution >= 4 is 11.6 Å². The van der Waals surface area contributed by atoms with Gasteiger partial charge in [-0.25, -0.2) is 22.0 Å². The molecule has 0 radical (unpaired) electrons. The highest BCUT2D eigenvalue weighted by Crippen LogP contribution is 2.42. The lowest BCUT2D eigenvalue weighted by molar-refractivity contribution is -0.276. The number of nitrogens with zero attached hydrogens (tertiary/aromatic N) is 1. The Bertz CT molecular complexity index is 1750. The first-order valence-electron chi connectivity index (χ1n) is 15.0. The minimum Gasteiger partial charge on any atom is -0.508 e. The quantitative estimate of drug-likeness (QED) is 0.0891. The summed E-state index contributed by atoms with van der Waals surface area (Å²) in [4.78, 5) is 14.6. The van der Waals surface area contributed by atoms with Crippen LogP contribution in [-0.2, 0) is 16.1 Å². The summed E-state index contributed by atoms with van der Waals surface area (Å²) in [6.07, 6.45) is -2.96. The van der Waals surface area contributed by atoms with E-state index < -0.39 is 65.2 Å². The molecular weight excluding hydrogens is 639 g/mol. The third-order valence-electron chi connectivity index (χ3n) is 8.21. The van der Waals surface area contributed by atoms with E-state index in [0.717, 1.165) is 5.56 Å². The lowest BCUT2D eigenvalue weighted by atomic mass is 9.90. The van der Waals surface area contributed by atoms with Gasteiger partial charge in [0.15, 0.2) is 29.6 Å². The van der Waals surface area contributed by atoms with Crippen LogP contribution in [0, 0.1) is 35.0 Å². The van der Waals surface area contributed by atoms with Gasteiger partial charge in [0.1, 0.15) is 11.3 Å². The van der Waals surface area contributed by atoms with Crippen LogP contribution in [0.2, 0.25) is 0 Å². The van der Waals surface area contributed by atoms with Gasteiger partial charge in [0.25, 0.3) is 5.91 Å².